The summed E-state index contributed by atoms with van der Waals surface area (Å²) in [6.45, 7) is 47.6. The van der Waals surface area contributed by atoms with Crippen molar-refractivity contribution >= 4 is 132 Å². The third-order valence-electron chi connectivity index (χ3n) is 32.9. The average molecular weight is 2090 g/mol. The molecule has 0 saturated heterocycles. The normalized spacial score (nSPS) is 15.1. The number of rotatable bonds is 6. The third kappa shape index (κ3) is 18.1. The minimum atomic E-state index is -1.82. The van der Waals surface area contributed by atoms with E-state index >= 15 is 0 Å². The molecule has 0 amide bonds. The first-order valence-electron chi connectivity index (χ1n) is 52.2. The molecule has 0 saturated carbocycles. The molecule has 0 spiro atoms. The molecule has 6 aromatic heterocycles. The van der Waals surface area contributed by atoms with Crippen LogP contribution in [0.3, 0.4) is 0 Å². The van der Waals surface area contributed by atoms with Gasteiger partial charge in [0.2, 0.25) is 28.5 Å². The number of aromatic nitrogens is 6. The summed E-state index contributed by atoms with van der Waals surface area (Å²) in [5, 5.41) is 12.7. The number of aryl methyl sites for hydroxylation is 12. The molecular formula is C133H144N8OSSeSi4+6. The van der Waals surface area contributed by atoms with E-state index in [1.807, 2.05) is 36.0 Å². The van der Waals surface area contributed by atoms with Crippen molar-refractivity contribution in [2.75, 3.05) is 23.9 Å². The van der Waals surface area contributed by atoms with Crippen molar-refractivity contribution < 1.29 is 32.1 Å². The molecule has 9 nitrogen and oxygen atoms in total. The van der Waals surface area contributed by atoms with Gasteiger partial charge >= 0.3 is 152 Å². The fourth-order valence-electron chi connectivity index (χ4n) is 24.6. The van der Waals surface area contributed by atoms with Crippen molar-refractivity contribution in [2.24, 2.45) is 42.3 Å². The van der Waals surface area contributed by atoms with E-state index in [2.05, 4.69) is 570 Å². The number of hydrogen-bond donors (Lipinski definition) is 0. The average Bonchev–Trinajstić information content (AvgIpc) is 0.704. The molecule has 12 heterocycles. The van der Waals surface area contributed by atoms with Gasteiger partial charge in [-0.25, -0.2) is 22.8 Å². The quantitative estimate of drug-likeness (QED) is 0.123. The number of fused-ring (bicyclic) bond motifs is 12. The second-order valence-electron chi connectivity index (χ2n) is 44.9. The Kier molecular flexibility index (Phi) is 28.1. The van der Waals surface area contributed by atoms with E-state index in [9.17, 15) is 0 Å². The van der Waals surface area contributed by atoms with Crippen LogP contribution in [0.1, 0.15) is 108 Å². The van der Waals surface area contributed by atoms with E-state index in [0.29, 0.717) is 15.0 Å². The second kappa shape index (κ2) is 40.3. The summed E-state index contributed by atoms with van der Waals surface area (Å²) >= 11 is 2.29. The van der Waals surface area contributed by atoms with Crippen LogP contribution in [0.15, 0.2) is 375 Å². The summed E-state index contributed by atoms with van der Waals surface area (Å²) < 4.78 is 22.7. The molecule has 18 aromatic rings. The van der Waals surface area contributed by atoms with Crippen molar-refractivity contribution in [1.82, 2.24) is 0 Å². The van der Waals surface area contributed by atoms with Crippen LogP contribution in [-0.4, -0.2) is 61.3 Å². The second-order valence-corrected chi connectivity index (χ2v) is 65.5. The summed E-state index contributed by atoms with van der Waals surface area (Å²) in [4.78, 5) is 7.41. The first-order chi connectivity index (χ1) is 70.6. The summed E-state index contributed by atoms with van der Waals surface area (Å²) in [6, 6.07) is 120. The number of ether oxygens (including phenoxy) is 1. The van der Waals surface area contributed by atoms with Crippen molar-refractivity contribution in [1.29, 1.82) is 0 Å². The van der Waals surface area contributed by atoms with Gasteiger partial charge in [-0.3, -0.25) is 0 Å². The van der Waals surface area contributed by atoms with E-state index < -0.39 is 32.3 Å². The fourth-order valence-corrected chi connectivity index (χ4v) is 45.3. The van der Waals surface area contributed by atoms with Gasteiger partial charge in [0.1, 0.15) is 59.5 Å². The van der Waals surface area contributed by atoms with Gasteiger partial charge in [0.05, 0.1) is 39.3 Å². The smallest absolute Gasteiger partial charge is 0.201 e. The van der Waals surface area contributed by atoms with Gasteiger partial charge < -0.3 is 14.5 Å². The Bertz CT molecular complexity index is 7950. The van der Waals surface area contributed by atoms with Crippen LogP contribution in [-0.2, 0) is 58.5 Å². The summed E-state index contributed by atoms with van der Waals surface area (Å²) in [7, 11) is 10.2. The van der Waals surface area contributed by atoms with Crippen LogP contribution in [0.25, 0.3) is 67.5 Å². The van der Waals surface area contributed by atoms with Gasteiger partial charge in [0, 0.05) is 112 Å². The maximum Gasteiger partial charge on any atom is 0.212 e. The van der Waals surface area contributed by atoms with Gasteiger partial charge in [-0.15, -0.1) is 0 Å². The van der Waals surface area contributed by atoms with E-state index in [4.69, 9.17) is 4.74 Å². The molecule has 6 aliphatic rings. The zero-order valence-corrected chi connectivity index (χ0v) is 98.5. The molecule has 148 heavy (non-hydrogen) atoms. The van der Waals surface area contributed by atoms with Crippen LogP contribution < -0.4 is 92.4 Å². The molecule has 744 valence electrons. The van der Waals surface area contributed by atoms with E-state index in [1.54, 1.807) is 40.0 Å². The molecule has 0 N–H and O–H groups in total. The molecule has 6 aliphatic heterocycles. The Balaban J connectivity index is 0.000000112. The molecule has 0 unspecified atom stereocenters. The van der Waals surface area contributed by atoms with Gasteiger partial charge in [0.25, 0.3) is 0 Å². The Labute approximate surface area is 895 Å². The number of anilines is 4. The fraction of sp³-hybridized carbons (Fsp3) is 0.233. The first-order valence-corrected chi connectivity index (χ1v) is 66.8. The number of para-hydroxylation sites is 3. The SMILES string of the molecule is Cc1ccc2c(c1-c1cccc[n+]1C)C(C)(C)c1ccccc1[Si]2(C)C.Cc1ccc2c(c1-c1cccc[n+]1C)N(C)c1ccccc1O2.Cc1ccc2c(c1-c1cccc[n+]1C)N(C)c1ccccc1[Si]2(C)C.Cc1ccc2c(c1-c1cccc[n+]1C)Sc1ccccc1C2(C)C.Cc1ccc2c(c1-c1cccc[n+]1C)[Se]c1ccccc1[Si]2(C)C.Cc1ccc2c(c1-c1cccc[n+]1C)[Si](C)(C)c1ccccc1C2(C)C. The van der Waals surface area contributed by atoms with Crippen LogP contribution >= 0.6 is 11.8 Å². The van der Waals surface area contributed by atoms with Crippen LogP contribution in [0.4, 0.5) is 22.7 Å². The molecule has 0 atom stereocenters. The largest absolute Gasteiger partial charge is 0.212 e. The predicted octanol–water partition coefficient (Wildman–Crippen LogP) is 22.2. The molecule has 0 fully saturated rings. The maximum atomic E-state index is 6.15. The van der Waals surface area contributed by atoms with Crippen molar-refractivity contribution in [3.63, 3.8) is 0 Å². The third-order valence-corrected chi connectivity index (χ3v) is 51.6. The van der Waals surface area contributed by atoms with Crippen molar-refractivity contribution in [3.05, 3.63) is 432 Å². The number of hydrogen-bond acceptors (Lipinski definition) is 4. The molecule has 0 aliphatic carbocycles. The van der Waals surface area contributed by atoms with Gasteiger partial charge in [-0.05, 0) is 177 Å². The Hall–Kier alpha value is -13.3. The van der Waals surface area contributed by atoms with Crippen molar-refractivity contribution in [3.8, 4) is 79.0 Å². The standard InChI is InChI=1S/2C24H28NSi.C22H25N2Si.C22H22NS.C21H22NSeSi.C20H19N2O/c1-17-14-15-19-23(22(17)20-12-9-10-16-25(20)4)26(5,6)21-13-8-7-11-18(21)24(19,2)3;1-17-14-15-21-23(22(17)19-12-9-10-16-25(19)4)24(2,3)18-11-7-8-13-20(18)26(21,5)6;1-16-13-14-20-22(21(16)18-11-8-9-15-23(18)2)24(3)17-10-6-7-12-19(17)25(20,4)5;1-15-12-13-17-21(20(15)18-10-7-8-14-23(18)4)24-19-11-6-5-9-16(19)22(17,2)3;1-15-12-13-19-21(20(15)16-9-7-8-14-22(16)2)23-17-10-5-6-11-18(17)24(19,3)4;1-14-11-12-18-20(19(14)16-9-6-7-13-21(16)2)22(3)15-8-4-5-10-17(15)23-18/h2*7-16H,1-6H3;6-15H,1-5H3;2*5-14H,1-4H3;4-13H,1-3H3/q6*+1. The molecule has 15 heteroatoms. The number of benzene rings is 12. The monoisotopic (exact) mass is 2090 g/mol. The Morgan fingerprint density at radius 1 is 0.264 bits per heavy atom. The molecular weight excluding hydrogens is 1950 g/mol. The maximum absolute atomic E-state index is 6.15. The predicted molar refractivity (Wildman–Crippen MR) is 634 cm³/mol. The van der Waals surface area contributed by atoms with Crippen LogP contribution in [0.2, 0.25) is 52.4 Å². The number of nitrogens with zero attached hydrogens (tertiary/aromatic N) is 8. The minimum Gasteiger partial charge on any atom is -0.201 e. The van der Waals surface area contributed by atoms with Gasteiger partial charge in [-0.1, -0.05) is 255 Å². The molecule has 0 bridgehead atoms. The van der Waals surface area contributed by atoms with Gasteiger partial charge in [-0.2, -0.15) is 0 Å². The van der Waals surface area contributed by atoms with Crippen LogP contribution in [0, 0.1) is 41.5 Å². The zero-order chi connectivity index (χ0) is 105. The first kappa shape index (κ1) is 103. The minimum absolute atomic E-state index is 0.00135. The van der Waals surface area contributed by atoms with E-state index in [1.165, 1.54) is 166 Å². The molecule has 24 rings (SSSR count). The topological polar surface area (TPSA) is 39.0 Å². The van der Waals surface area contributed by atoms with E-state index in [0.717, 1.165) is 22.9 Å². The zero-order valence-electron chi connectivity index (χ0n) is 91.9. The Morgan fingerprint density at radius 2 is 0.615 bits per heavy atom. The van der Waals surface area contributed by atoms with Gasteiger partial charge in [0.15, 0.2) is 42.5 Å². The molecule has 12 aromatic carbocycles. The Morgan fingerprint density at radius 3 is 1.16 bits per heavy atom. The number of pyridine rings is 6. The summed E-state index contributed by atoms with van der Waals surface area (Å²) in [5.41, 5.74) is 37.9. The van der Waals surface area contributed by atoms with E-state index in [-0.39, 0.29) is 16.2 Å². The summed E-state index contributed by atoms with van der Waals surface area (Å²) in [5.74, 6) is 1.80. The summed E-state index contributed by atoms with van der Waals surface area (Å²) in [6.07, 6.45) is 12.8. The van der Waals surface area contributed by atoms with Crippen LogP contribution in [0.5, 0.6) is 11.5 Å². The molecule has 0 radical (unpaired) electrons. The van der Waals surface area contributed by atoms with Crippen molar-refractivity contribution in [2.45, 2.75) is 161 Å².